The van der Waals surface area contributed by atoms with Crippen molar-refractivity contribution in [3.63, 3.8) is 0 Å². The minimum absolute atomic E-state index is 0.0877. The number of carboxylic acids is 2. The normalized spacial score (nSPS) is 51.3. The van der Waals surface area contributed by atoms with Gasteiger partial charge in [-0.05, 0) is 173 Å². The Bertz CT molecular complexity index is 997. The first-order chi connectivity index (χ1) is 20.8. The van der Waals surface area contributed by atoms with E-state index in [2.05, 4.69) is 0 Å². The summed E-state index contributed by atoms with van der Waals surface area (Å²) >= 11 is 0. The molecule has 12 rings (SSSR count). The molecule has 12 aliphatic rings. The van der Waals surface area contributed by atoms with Gasteiger partial charge in [-0.1, -0.05) is 0 Å². The molecule has 0 unspecified atom stereocenters. The Kier molecular flexibility index (Phi) is 6.78. The smallest absolute Gasteiger partial charge is 0.356 e. The number of ether oxygens (including phenoxy) is 1. The van der Waals surface area contributed by atoms with Crippen molar-refractivity contribution in [2.45, 2.75) is 133 Å². The number of hydroxylamine groups is 2. The molecule has 0 amide bonds. The lowest BCUT2D eigenvalue weighted by Gasteiger charge is -2.58. The first-order valence-corrected chi connectivity index (χ1v) is 18.1. The van der Waals surface area contributed by atoms with E-state index in [1.165, 1.54) is 24.5 Å². The van der Waals surface area contributed by atoms with Crippen LogP contribution in [-0.2, 0) is 24.0 Å². The quantitative estimate of drug-likeness (QED) is 0.212. The number of rotatable bonds is 11. The second-order valence-electron chi connectivity index (χ2n) is 17.3. The molecule has 1 atom stereocenters. The Morgan fingerprint density at radius 3 is 1.16 bits per heavy atom. The van der Waals surface area contributed by atoms with Crippen LogP contribution in [0.1, 0.15) is 109 Å². The topological polar surface area (TPSA) is 106 Å². The van der Waals surface area contributed by atoms with E-state index >= 15 is 0 Å². The molecule has 0 spiro atoms. The van der Waals surface area contributed by atoms with Crippen molar-refractivity contribution >= 4 is 11.9 Å². The van der Waals surface area contributed by atoms with Crippen molar-refractivity contribution < 1.29 is 34.2 Å². The van der Waals surface area contributed by atoms with Crippen molar-refractivity contribution in [3.8, 4) is 0 Å². The van der Waals surface area contributed by atoms with Crippen LogP contribution >= 0.6 is 0 Å². The van der Waals surface area contributed by atoms with E-state index in [0.717, 1.165) is 113 Å². The maximum absolute atomic E-state index is 13.7. The lowest BCUT2D eigenvalue weighted by atomic mass is 9.55. The van der Waals surface area contributed by atoms with Crippen LogP contribution in [-0.4, -0.2) is 51.4 Å². The fourth-order valence-electron chi connectivity index (χ4n) is 13.5. The van der Waals surface area contributed by atoms with Crippen molar-refractivity contribution in [2.75, 3.05) is 0 Å². The summed E-state index contributed by atoms with van der Waals surface area (Å²) in [7, 11) is 0. The number of carboxylic acid groups (broad SMARTS) is 2. The fraction of sp³-hybridized carbons (Fsp3) is 0.943. The van der Waals surface area contributed by atoms with Gasteiger partial charge in [-0.25, -0.2) is 4.79 Å². The summed E-state index contributed by atoms with van der Waals surface area (Å²) in [5, 5.41) is 22.4. The van der Waals surface area contributed by atoms with E-state index in [1.807, 2.05) is 0 Å². The molecule has 2 N–H and O–H groups in total. The Labute approximate surface area is 255 Å². The molecule has 8 heteroatoms. The van der Waals surface area contributed by atoms with Crippen LogP contribution in [0.25, 0.3) is 0 Å². The molecule has 12 aliphatic carbocycles. The molecule has 12 saturated carbocycles. The molecule has 0 saturated heterocycles. The van der Waals surface area contributed by atoms with Gasteiger partial charge in [0.25, 0.3) is 5.72 Å². The van der Waals surface area contributed by atoms with Crippen molar-refractivity contribution in [2.24, 2.45) is 71.0 Å². The molecule has 0 aromatic carbocycles. The minimum atomic E-state index is -1.97. The van der Waals surface area contributed by atoms with Crippen LogP contribution in [0.15, 0.2) is 0 Å². The highest BCUT2D eigenvalue weighted by Crippen LogP contribution is 2.59. The number of aliphatic carboxylic acids is 2. The van der Waals surface area contributed by atoms with E-state index in [0.29, 0.717) is 35.5 Å². The predicted molar refractivity (Wildman–Crippen MR) is 155 cm³/mol. The van der Waals surface area contributed by atoms with E-state index in [9.17, 15) is 19.8 Å². The summed E-state index contributed by atoms with van der Waals surface area (Å²) in [6.07, 6.45) is 16.7. The first-order valence-electron chi connectivity index (χ1n) is 18.1. The lowest BCUT2D eigenvalue weighted by molar-refractivity contribution is -0.501. The molecule has 43 heavy (non-hydrogen) atoms. The Morgan fingerprint density at radius 2 is 0.860 bits per heavy atom. The Morgan fingerprint density at radius 1 is 0.535 bits per heavy atom. The van der Waals surface area contributed by atoms with Crippen LogP contribution in [0, 0.1) is 71.0 Å². The second-order valence-corrected chi connectivity index (χ2v) is 17.3. The van der Waals surface area contributed by atoms with Gasteiger partial charge in [-0.3, -0.25) is 14.5 Å². The molecule has 238 valence electrons. The highest BCUT2D eigenvalue weighted by Gasteiger charge is 2.60. The van der Waals surface area contributed by atoms with Gasteiger partial charge >= 0.3 is 11.9 Å². The average Bonchev–Trinajstić information content (AvgIpc) is 2.94. The van der Waals surface area contributed by atoms with Crippen molar-refractivity contribution in [1.29, 1.82) is 0 Å². The largest absolute Gasteiger partial charge is 0.481 e. The van der Waals surface area contributed by atoms with Crippen LogP contribution < -0.4 is 0 Å². The lowest BCUT2D eigenvalue weighted by Crippen LogP contribution is -2.65. The molecule has 0 radical (unpaired) electrons. The van der Waals surface area contributed by atoms with E-state index < -0.39 is 17.7 Å². The predicted octanol–water partition coefficient (Wildman–Crippen LogP) is 6.29. The zero-order valence-corrected chi connectivity index (χ0v) is 25.6. The van der Waals surface area contributed by atoms with Crippen molar-refractivity contribution in [3.05, 3.63) is 0 Å². The monoisotopic (exact) mass is 597 g/mol. The first kappa shape index (κ1) is 28.0. The van der Waals surface area contributed by atoms with Crippen LogP contribution in [0.3, 0.4) is 0 Å². The van der Waals surface area contributed by atoms with Gasteiger partial charge in [0.1, 0.15) is 0 Å². The number of carbonyl (C=O) groups is 2. The maximum atomic E-state index is 13.7. The molecule has 0 heterocycles. The van der Waals surface area contributed by atoms with E-state index in [-0.39, 0.29) is 31.2 Å². The van der Waals surface area contributed by atoms with E-state index in [1.54, 1.807) is 0 Å². The molecule has 8 nitrogen and oxygen atoms in total. The van der Waals surface area contributed by atoms with Crippen LogP contribution in [0.4, 0.5) is 0 Å². The zero-order chi connectivity index (χ0) is 29.0. The number of hydrogen-bond acceptors (Lipinski definition) is 6. The molecule has 12 bridgehead atoms. The van der Waals surface area contributed by atoms with Gasteiger partial charge in [0.05, 0.1) is 24.7 Å². The second kappa shape index (κ2) is 10.4. The molecule has 0 aromatic heterocycles. The third-order valence-corrected chi connectivity index (χ3v) is 14.5. The molecule has 0 aliphatic heterocycles. The van der Waals surface area contributed by atoms with Gasteiger partial charge in [0.2, 0.25) is 0 Å². The average molecular weight is 598 g/mol. The third-order valence-electron chi connectivity index (χ3n) is 14.5. The molecular weight excluding hydrogens is 546 g/mol. The summed E-state index contributed by atoms with van der Waals surface area (Å²) < 4.78 is 6.99. The minimum Gasteiger partial charge on any atom is -0.481 e. The molecule has 12 fully saturated rings. The number of nitrogens with zero attached hydrogens (tertiary/aromatic N) is 1. The summed E-state index contributed by atoms with van der Waals surface area (Å²) in [4.78, 5) is 39.8. The van der Waals surface area contributed by atoms with Gasteiger partial charge in [0, 0.05) is 6.42 Å². The Balaban J connectivity index is 1.07. The standard InChI is InChI=1S/C35H51NO7/c37-30(38)1-2-35(34(39)40,41-31-24-6-18-3-19(8-24)9-25(31)7-18)36(42-32-26-10-20-4-21(12-26)13-27(32)11-20)43-33-28-14-22-5-23(16-28)17-29(33)15-22/h18-29,31-33H,1-17H2,(H,37,38)(H,39,40)/t18?,19?,20?,21?,22?,23?,24?,25?,26?,27?,28?,29?,31?,32?,33?,35-/m1/s1. The van der Waals surface area contributed by atoms with Crippen LogP contribution in [0.5, 0.6) is 0 Å². The highest BCUT2D eigenvalue weighted by molar-refractivity contribution is 5.78. The highest BCUT2D eigenvalue weighted by atomic mass is 17.0. The molecule has 0 aromatic rings. The van der Waals surface area contributed by atoms with Gasteiger partial charge in [-0.2, -0.15) is 0 Å². The fourth-order valence-corrected chi connectivity index (χ4v) is 13.5. The van der Waals surface area contributed by atoms with Crippen molar-refractivity contribution in [1.82, 2.24) is 5.23 Å². The van der Waals surface area contributed by atoms with Gasteiger partial charge < -0.3 is 14.9 Å². The van der Waals surface area contributed by atoms with Gasteiger partial charge in [-0.15, -0.1) is 0 Å². The van der Waals surface area contributed by atoms with E-state index in [4.69, 9.17) is 14.4 Å². The van der Waals surface area contributed by atoms with Crippen LogP contribution in [0.2, 0.25) is 0 Å². The maximum Gasteiger partial charge on any atom is 0.356 e. The summed E-state index contributed by atoms with van der Waals surface area (Å²) in [6, 6.07) is 0. The third kappa shape index (κ3) is 4.74. The summed E-state index contributed by atoms with van der Waals surface area (Å²) in [5.41, 5.74) is -1.97. The van der Waals surface area contributed by atoms with Gasteiger partial charge in [0.15, 0.2) is 0 Å². The summed E-state index contributed by atoms with van der Waals surface area (Å²) in [6.45, 7) is 0. The number of hydrogen-bond donors (Lipinski definition) is 2. The SMILES string of the molecule is O=C(O)CC[C@@](OC1C2CC3CC(C2)CC1C3)(C(=O)O)N(OC1C2CC3CC(C2)CC1C3)OC1C2CC3CC(C2)CC1C3. The Hall–Kier alpha value is -1.22. The summed E-state index contributed by atoms with van der Waals surface area (Å²) in [5.74, 6) is 4.66. The molecular formula is C35H51NO7. The zero-order valence-electron chi connectivity index (χ0n) is 25.6.